The average molecular weight is 259 g/mol. The van der Waals surface area contributed by atoms with Crippen LogP contribution in [-0.4, -0.2) is 22.8 Å². The predicted molar refractivity (Wildman–Crippen MR) is 74.8 cm³/mol. The van der Waals surface area contributed by atoms with Gasteiger partial charge in [0.2, 0.25) is 0 Å². The standard InChI is InChI=1S/C16H21NO2/c1-12-6-13(2)8-15(7-12)19-16-9-14(4-3-5-18)10-17-11-16/h9-13,15,18H,5-8H2,1-2H3. The number of aromatic nitrogens is 1. The molecule has 2 unspecified atom stereocenters. The lowest BCUT2D eigenvalue weighted by molar-refractivity contribution is 0.101. The third-order valence-electron chi connectivity index (χ3n) is 3.46. The number of pyridine rings is 1. The van der Waals surface area contributed by atoms with E-state index in [9.17, 15) is 0 Å². The Hall–Kier alpha value is -1.53. The summed E-state index contributed by atoms with van der Waals surface area (Å²) < 4.78 is 6.02. The molecular weight excluding hydrogens is 238 g/mol. The van der Waals surface area contributed by atoms with Gasteiger partial charge in [-0.05, 0) is 37.2 Å². The minimum absolute atomic E-state index is 0.136. The fourth-order valence-corrected chi connectivity index (χ4v) is 2.86. The molecule has 102 valence electrons. The van der Waals surface area contributed by atoms with Gasteiger partial charge in [-0.25, -0.2) is 0 Å². The zero-order valence-corrected chi connectivity index (χ0v) is 11.6. The molecule has 0 spiro atoms. The van der Waals surface area contributed by atoms with E-state index in [-0.39, 0.29) is 12.7 Å². The number of aliphatic hydroxyl groups excluding tert-OH is 1. The van der Waals surface area contributed by atoms with Crippen LogP contribution in [0.4, 0.5) is 0 Å². The fourth-order valence-electron chi connectivity index (χ4n) is 2.86. The number of ether oxygens (including phenoxy) is 1. The molecular formula is C16H21NO2. The summed E-state index contributed by atoms with van der Waals surface area (Å²) in [6.45, 7) is 4.43. The van der Waals surface area contributed by atoms with Crippen LogP contribution in [0.25, 0.3) is 0 Å². The highest BCUT2D eigenvalue weighted by atomic mass is 16.5. The van der Waals surface area contributed by atoms with Gasteiger partial charge >= 0.3 is 0 Å². The predicted octanol–water partition coefficient (Wildman–Crippen LogP) is 2.63. The Labute approximate surface area is 115 Å². The van der Waals surface area contributed by atoms with Crippen molar-refractivity contribution >= 4 is 0 Å². The van der Waals surface area contributed by atoms with Gasteiger partial charge in [0.1, 0.15) is 12.4 Å². The van der Waals surface area contributed by atoms with Gasteiger partial charge in [-0.2, -0.15) is 0 Å². The van der Waals surface area contributed by atoms with Crippen LogP contribution in [-0.2, 0) is 0 Å². The van der Waals surface area contributed by atoms with Gasteiger partial charge in [-0.15, -0.1) is 0 Å². The quantitative estimate of drug-likeness (QED) is 0.830. The Balaban J connectivity index is 2.02. The summed E-state index contributed by atoms with van der Waals surface area (Å²) in [5.41, 5.74) is 0.781. The first kappa shape index (κ1) is 13.9. The molecule has 19 heavy (non-hydrogen) atoms. The van der Waals surface area contributed by atoms with Crippen molar-refractivity contribution in [3.05, 3.63) is 24.0 Å². The molecule has 0 aromatic carbocycles. The van der Waals surface area contributed by atoms with E-state index in [1.54, 1.807) is 12.4 Å². The smallest absolute Gasteiger partial charge is 0.139 e. The fraction of sp³-hybridized carbons (Fsp3) is 0.562. The SMILES string of the molecule is CC1CC(C)CC(Oc2cncc(C#CCO)c2)C1. The number of hydrogen-bond acceptors (Lipinski definition) is 3. The van der Waals surface area contributed by atoms with Crippen LogP contribution >= 0.6 is 0 Å². The van der Waals surface area contributed by atoms with Crippen LogP contribution in [0.5, 0.6) is 5.75 Å². The summed E-state index contributed by atoms with van der Waals surface area (Å²) in [6.07, 6.45) is 7.20. The summed E-state index contributed by atoms with van der Waals surface area (Å²) in [5, 5.41) is 8.69. The maximum atomic E-state index is 8.69. The number of nitrogens with zero attached hydrogens (tertiary/aromatic N) is 1. The number of rotatable bonds is 2. The van der Waals surface area contributed by atoms with Crippen molar-refractivity contribution in [2.45, 2.75) is 39.2 Å². The Bertz CT molecular complexity index is 465. The highest BCUT2D eigenvalue weighted by molar-refractivity contribution is 5.36. The third-order valence-corrected chi connectivity index (χ3v) is 3.46. The molecule has 1 saturated carbocycles. The molecule has 1 aromatic heterocycles. The molecule has 3 heteroatoms. The van der Waals surface area contributed by atoms with Crippen LogP contribution in [0.2, 0.25) is 0 Å². The Morgan fingerprint density at radius 2 is 2.00 bits per heavy atom. The van der Waals surface area contributed by atoms with Crippen molar-refractivity contribution < 1.29 is 9.84 Å². The average Bonchev–Trinajstić information content (AvgIpc) is 2.35. The van der Waals surface area contributed by atoms with E-state index in [2.05, 4.69) is 30.7 Å². The highest BCUT2D eigenvalue weighted by Crippen LogP contribution is 2.31. The van der Waals surface area contributed by atoms with Crippen LogP contribution in [0.15, 0.2) is 18.5 Å². The number of aliphatic hydroxyl groups is 1. The lowest BCUT2D eigenvalue weighted by Crippen LogP contribution is -2.28. The Kier molecular flexibility index (Phi) is 4.81. The van der Waals surface area contributed by atoms with E-state index < -0.39 is 0 Å². The second-order valence-electron chi connectivity index (χ2n) is 5.53. The highest BCUT2D eigenvalue weighted by Gasteiger charge is 2.25. The molecule has 1 N–H and O–H groups in total. The number of hydrogen-bond donors (Lipinski definition) is 1. The van der Waals surface area contributed by atoms with Crippen molar-refractivity contribution in [3.8, 4) is 17.6 Å². The van der Waals surface area contributed by atoms with Crippen LogP contribution in [0, 0.1) is 23.7 Å². The normalized spacial score (nSPS) is 26.4. The lowest BCUT2D eigenvalue weighted by Gasteiger charge is -2.31. The summed E-state index contributed by atoms with van der Waals surface area (Å²) in [5.74, 6) is 7.68. The summed E-state index contributed by atoms with van der Waals surface area (Å²) in [4.78, 5) is 4.13. The minimum Gasteiger partial charge on any atom is -0.489 e. The van der Waals surface area contributed by atoms with Crippen molar-refractivity contribution in [1.29, 1.82) is 0 Å². The first-order valence-corrected chi connectivity index (χ1v) is 6.88. The summed E-state index contributed by atoms with van der Waals surface area (Å²) in [7, 11) is 0. The summed E-state index contributed by atoms with van der Waals surface area (Å²) in [6, 6.07) is 1.89. The molecule has 0 radical (unpaired) electrons. The topological polar surface area (TPSA) is 42.4 Å². The maximum Gasteiger partial charge on any atom is 0.139 e. The second-order valence-corrected chi connectivity index (χ2v) is 5.53. The van der Waals surface area contributed by atoms with Crippen molar-refractivity contribution in [2.24, 2.45) is 11.8 Å². The lowest BCUT2D eigenvalue weighted by atomic mass is 9.82. The van der Waals surface area contributed by atoms with Crippen LogP contribution in [0.3, 0.4) is 0 Å². The third kappa shape index (κ3) is 4.25. The van der Waals surface area contributed by atoms with E-state index in [1.165, 1.54) is 6.42 Å². The van der Waals surface area contributed by atoms with E-state index in [1.807, 2.05) is 6.07 Å². The van der Waals surface area contributed by atoms with Gasteiger partial charge in [-0.1, -0.05) is 25.7 Å². The van der Waals surface area contributed by atoms with E-state index in [0.29, 0.717) is 0 Å². The molecule has 2 atom stereocenters. The van der Waals surface area contributed by atoms with E-state index >= 15 is 0 Å². The van der Waals surface area contributed by atoms with Crippen LogP contribution in [0.1, 0.15) is 38.7 Å². The van der Waals surface area contributed by atoms with Gasteiger partial charge in [0.25, 0.3) is 0 Å². The first-order valence-electron chi connectivity index (χ1n) is 6.88. The maximum absolute atomic E-state index is 8.69. The largest absolute Gasteiger partial charge is 0.489 e. The molecule has 1 aliphatic carbocycles. The minimum atomic E-state index is -0.136. The molecule has 1 fully saturated rings. The van der Waals surface area contributed by atoms with Gasteiger partial charge in [0, 0.05) is 11.8 Å². The molecule has 0 aliphatic heterocycles. The van der Waals surface area contributed by atoms with E-state index in [0.717, 1.165) is 36.0 Å². The molecule has 0 saturated heterocycles. The molecule has 1 aliphatic rings. The zero-order valence-electron chi connectivity index (χ0n) is 11.6. The summed E-state index contributed by atoms with van der Waals surface area (Å²) >= 11 is 0. The van der Waals surface area contributed by atoms with Crippen molar-refractivity contribution in [2.75, 3.05) is 6.61 Å². The first-order chi connectivity index (χ1) is 9.17. The van der Waals surface area contributed by atoms with Gasteiger partial charge in [0.05, 0.1) is 12.3 Å². The Morgan fingerprint density at radius 3 is 2.68 bits per heavy atom. The molecule has 0 bridgehead atoms. The van der Waals surface area contributed by atoms with Gasteiger partial charge in [0.15, 0.2) is 0 Å². The van der Waals surface area contributed by atoms with E-state index in [4.69, 9.17) is 9.84 Å². The van der Waals surface area contributed by atoms with Crippen molar-refractivity contribution in [3.63, 3.8) is 0 Å². The molecule has 1 aromatic rings. The molecule has 3 nitrogen and oxygen atoms in total. The van der Waals surface area contributed by atoms with Crippen molar-refractivity contribution in [1.82, 2.24) is 4.98 Å². The second kappa shape index (κ2) is 6.58. The molecule has 2 rings (SSSR count). The van der Waals surface area contributed by atoms with Crippen LogP contribution < -0.4 is 4.74 Å². The monoisotopic (exact) mass is 259 g/mol. The Morgan fingerprint density at radius 1 is 1.26 bits per heavy atom. The molecule has 1 heterocycles. The van der Waals surface area contributed by atoms with Gasteiger partial charge in [-0.3, -0.25) is 4.98 Å². The zero-order chi connectivity index (χ0) is 13.7. The van der Waals surface area contributed by atoms with Gasteiger partial charge < -0.3 is 9.84 Å². The molecule has 0 amide bonds.